The fraction of sp³-hybridized carbons (Fsp3) is 0.120. The van der Waals surface area contributed by atoms with Gasteiger partial charge in [0.05, 0.1) is 11.3 Å². The second-order valence-electron chi connectivity index (χ2n) is 7.46. The zero-order valence-electron chi connectivity index (χ0n) is 18.2. The molecule has 0 bridgehead atoms. The number of ether oxygens (including phenoxy) is 2. The fourth-order valence-electron chi connectivity index (χ4n) is 3.36. The maximum absolute atomic E-state index is 12.6. The van der Waals surface area contributed by atoms with E-state index in [9.17, 15) is 19.2 Å². The van der Waals surface area contributed by atoms with Crippen LogP contribution in [-0.2, 0) is 16.1 Å². The van der Waals surface area contributed by atoms with Crippen LogP contribution in [0.4, 0.5) is 11.4 Å². The minimum atomic E-state index is -0.893. The maximum atomic E-state index is 12.6. The lowest BCUT2D eigenvalue weighted by molar-refractivity contribution is -0.114. The quantitative estimate of drug-likeness (QED) is 0.369. The van der Waals surface area contributed by atoms with Gasteiger partial charge in [0.2, 0.25) is 12.7 Å². The van der Waals surface area contributed by atoms with Crippen molar-refractivity contribution >= 4 is 34.9 Å². The predicted molar refractivity (Wildman–Crippen MR) is 124 cm³/mol. The number of benzene rings is 3. The first-order valence-electron chi connectivity index (χ1n) is 10.4. The van der Waals surface area contributed by atoms with Crippen LogP contribution < -0.4 is 25.4 Å². The molecule has 1 aliphatic heterocycles. The molecule has 0 radical (unpaired) electrons. The monoisotopic (exact) mass is 459 g/mol. The lowest BCUT2D eigenvalue weighted by Crippen LogP contribution is -2.25. The number of ketones is 1. The van der Waals surface area contributed by atoms with E-state index in [2.05, 4.69) is 16.0 Å². The van der Waals surface area contributed by atoms with E-state index in [4.69, 9.17) is 9.47 Å². The van der Waals surface area contributed by atoms with Crippen molar-refractivity contribution < 1.29 is 28.7 Å². The largest absolute Gasteiger partial charge is 0.454 e. The van der Waals surface area contributed by atoms with Crippen molar-refractivity contribution in [2.45, 2.75) is 13.5 Å². The van der Waals surface area contributed by atoms with Crippen LogP contribution in [0.5, 0.6) is 11.5 Å². The average molecular weight is 459 g/mol. The van der Waals surface area contributed by atoms with Gasteiger partial charge in [-0.1, -0.05) is 24.3 Å². The highest BCUT2D eigenvalue weighted by molar-refractivity contribution is 6.47. The van der Waals surface area contributed by atoms with Gasteiger partial charge in [-0.25, -0.2) is 0 Å². The molecule has 3 N–H and O–H groups in total. The van der Waals surface area contributed by atoms with Crippen LogP contribution in [0.1, 0.15) is 33.2 Å². The molecule has 3 amide bonds. The summed E-state index contributed by atoms with van der Waals surface area (Å²) in [6, 6.07) is 17.9. The van der Waals surface area contributed by atoms with Gasteiger partial charge in [0, 0.05) is 24.7 Å². The summed E-state index contributed by atoms with van der Waals surface area (Å²) in [5.74, 6) is -1.14. The Labute approximate surface area is 195 Å². The number of anilines is 2. The number of rotatable bonds is 7. The molecule has 9 nitrogen and oxygen atoms in total. The van der Waals surface area contributed by atoms with Crippen molar-refractivity contribution in [3.05, 3.63) is 83.4 Å². The lowest BCUT2D eigenvalue weighted by atomic mass is 10.1. The van der Waals surface area contributed by atoms with Crippen LogP contribution >= 0.6 is 0 Å². The van der Waals surface area contributed by atoms with E-state index < -0.39 is 11.7 Å². The van der Waals surface area contributed by atoms with Gasteiger partial charge in [0.15, 0.2) is 11.5 Å². The van der Waals surface area contributed by atoms with Gasteiger partial charge < -0.3 is 25.4 Å². The Bertz CT molecular complexity index is 1290. The third kappa shape index (κ3) is 5.21. The molecule has 9 heteroatoms. The summed E-state index contributed by atoms with van der Waals surface area (Å²) in [4.78, 5) is 49.2. The molecule has 3 aromatic carbocycles. The molecule has 3 aromatic rings. The Morgan fingerprint density at radius 3 is 2.47 bits per heavy atom. The van der Waals surface area contributed by atoms with Crippen LogP contribution in [0.25, 0.3) is 0 Å². The molecule has 0 saturated heterocycles. The van der Waals surface area contributed by atoms with Crippen molar-refractivity contribution in [2.75, 3.05) is 17.4 Å². The van der Waals surface area contributed by atoms with E-state index in [1.54, 1.807) is 42.5 Å². The second kappa shape index (κ2) is 9.86. The van der Waals surface area contributed by atoms with E-state index >= 15 is 0 Å². The van der Waals surface area contributed by atoms with E-state index in [0.29, 0.717) is 17.1 Å². The summed E-state index contributed by atoms with van der Waals surface area (Å²) >= 11 is 0. The zero-order valence-corrected chi connectivity index (χ0v) is 18.2. The number of carbonyl (C=O) groups excluding carboxylic acids is 4. The SMILES string of the molecule is CC(=O)Nc1ccccc1C(=O)C(=O)Nc1cccc(C(=O)NCc2ccc3c(c2)OCO3)c1. The zero-order chi connectivity index (χ0) is 24.1. The molecule has 1 heterocycles. The fourth-order valence-corrected chi connectivity index (χ4v) is 3.36. The molecule has 1 aliphatic rings. The second-order valence-corrected chi connectivity index (χ2v) is 7.46. The van der Waals surface area contributed by atoms with Crippen molar-refractivity contribution in [2.24, 2.45) is 0 Å². The molecule has 0 unspecified atom stereocenters. The summed E-state index contributed by atoms with van der Waals surface area (Å²) in [5.41, 5.74) is 1.74. The van der Waals surface area contributed by atoms with Gasteiger partial charge in [-0.3, -0.25) is 19.2 Å². The number of Topliss-reactive ketones (excluding diaryl/α,β-unsaturated/α-hetero) is 1. The first kappa shape index (κ1) is 22.5. The van der Waals surface area contributed by atoms with Crippen LogP contribution in [-0.4, -0.2) is 30.3 Å². The first-order valence-corrected chi connectivity index (χ1v) is 10.4. The van der Waals surface area contributed by atoms with Gasteiger partial charge in [0.25, 0.3) is 17.6 Å². The normalized spacial score (nSPS) is 11.4. The first-order chi connectivity index (χ1) is 16.4. The summed E-state index contributed by atoms with van der Waals surface area (Å²) in [6.45, 7) is 1.75. The van der Waals surface area contributed by atoms with Gasteiger partial charge >= 0.3 is 0 Å². The Kier molecular flexibility index (Phi) is 6.54. The van der Waals surface area contributed by atoms with E-state index in [0.717, 1.165) is 5.56 Å². The standard InChI is InChI=1S/C25H21N3O6/c1-15(29)27-20-8-3-2-7-19(20)23(30)25(32)28-18-6-4-5-17(12-18)24(31)26-13-16-9-10-21-22(11-16)34-14-33-21/h2-12H,13-14H2,1H3,(H,26,31)(H,27,29)(H,28,32). The highest BCUT2D eigenvalue weighted by Gasteiger charge is 2.20. The minimum Gasteiger partial charge on any atom is -0.454 e. The Balaban J connectivity index is 1.40. The molecule has 172 valence electrons. The molecule has 0 atom stereocenters. The highest BCUT2D eigenvalue weighted by Crippen LogP contribution is 2.32. The molecular weight excluding hydrogens is 438 g/mol. The van der Waals surface area contributed by atoms with E-state index in [1.807, 2.05) is 6.07 Å². The van der Waals surface area contributed by atoms with Crippen LogP contribution in [0.2, 0.25) is 0 Å². The molecule has 34 heavy (non-hydrogen) atoms. The van der Waals surface area contributed by atoms with Gasteiger partial charge in [-0.15, -0.1) is 0 Å². The third-order valence-corrected chi connectivity index (χ3v) is 4.96. The Morgan fingerprint density at radius 1 is 0.853 bits per heavy atom. The summed E-state index contributed by atoms with van der Waals surface area (Å²) < 4.78 is 10.6. The predicted octanol–water partition coefficient (Wildman–Crippen LogP) is 3.13. The summed E-state index contributed by atoms with van der Waals surface area (Å²) in [5, 5.41) is 7.84. The van der Waals surface area contributed by atoms with Crippen LogP contribution in [0.3, 0.4) is 0 Å². The van der Waals surface area contributed by atoms with Gasteiger partial charge in [0.1, 0.15) is 0 Å². The molecule has 4 rings (SSSR count). The summed E-state index contributed by atoms with van der Waals surface area (Å²) in [7, 11) is 0. The topological polar surface area (TPSA) is 123 Å². The number of amides is 3. The highest BCUT2D eigenvalue weighted by atomic mass is 16.7. The van der Waals surface area contributed by atoms with Gasteiger partial charge in [-0.05, 0) is 48.0 Å². The number of hydrogen-bond acceptors (Lipinski definition) is 6. The average Bonchev–Trinajstić information content (AvgIpc) is 3.30. The molecule has 0 spiro atoms. The minimum absolute atomic E-state index is 0.0628. The molecule has 0 fully saturated rings. The number of para-hydroxylation sites is 1. The molecule has 0 aromatic heterocycles. The lowest BCUT2D eigenvalue weighted by Gasteiger charge is -2.10. The number of hydrogen-bond donors (Lipinski definition) is 3. The van der Waals surface area contributed by atoms with Crippen molar-refractivity contribution in [3.63, 3.8) is 0 Å². The van der Waals surface area contributed by atoms with Gasteiger partial charge in [-0.2, -0.15) is 0 Å². The van der Waals surface area contributed by atoms with Crippen LogP contribution in [0, 0.1) is 0 Å². The smallest absolute Gasteiger partial charge is 0.296 e. The molecule has 0 saturated carbocycles. The Morgan fingerprint density at radius 2 is 1.65 bits per heavy atom. The van der Waals surface area contributed by atoms with E-state index in [-0.39, 0.29) is 42.1 Å². The van der Waals surface area contributed by atoms with E-state index in [1.165, 1.54) is 25.1 Å². The van der Waals surface area contributed by atoms with Crippen molar-refractivity contribution in [1.29, 1.82) is 0 Å². The van der Waals surface area contributed by atoms with Crippen molar-refractivity contribution in [3.8, 4) is 11.5 Å². The number of carbonyl (C=O) groups is 4. The number of nitrogens with one attached hydrogen (secondary N) is 3. The summed E-state index contributed by atoms with van der Waals surface area (Å²) in [6.07, 6.45) is 0. The Hall–Kier alpha value is -4.66. The van der Waals surface area contributed by atoms with Crippen LogP contribution in [0.15, 0.2) is 66.7 Å². The third-order valence-electron chi connectivity index (χ3n) is 4.96. The molecule has 0 aliphatic carbocycles. The number of fused-ring (bicyclic) bond motifs is 1. The molecular formula is C25H21N3O6. The maximum Gasteiger partial charge on any atom is 0.296 e. The van der Waals surface area contributed by atoms with Crippen molar-refractivity contribution in [1.82, 2.24) is 5.32 Å².